The van der Waals surface area contributed by atoms with Crippen molar-refractivity contribution in [2.45, 2.75) is 8.59 Å². The SMILES string of the molecule is ClC(Cl)Cl.ClC(Cl)Cl.[Mn+2].[O-][Cl+3]([O-])([O-])[O-].[O-][Cl+3]([O-])([O-])[O-].c1cnc2c(c1)ccc1cccnc12.c1cnc2c(c1)ccc1cccnc12.c1cnc2c(c1)ccc1cccnc12. The summed E-state index contributed by atoms with van der Waals surface area (Å²) in [6.45, 7) is 0. The molecule has 9 rings (SSSR count). The van der Waals surface area contributed by atoms with E-state index in [0.29, 0.717) is 0 Å². The molecule has 6 aromatic heterocycles. The first kappa shape index (κ1) is 53.8. The molecule has 0 saturated heterocycles. The molecule has 0 unspecified atom stereocenters. The average molecular weight is 1030 g/mol. The third-order valence-corrected chi connectivity index (χ3v) is 7.03. The molecule has 1 radical (unpaired) electrons. The largest absolute Gasteiger partial charge is 2.00 e. The fraction of sp³-hybridized carbons (Fsp3) is 0.0526. The van der Waals surface area contributed by atoms with Gasteiger partial charge in [0.1, 0.15) is 0 Å². The number of rotatable bonds is 0. The van der Waals surface area contributed by atoms with Crippen molar-refractivity contribution in [3.05, 3.63) is 146 Å². The Morgan fingerprint density at radius 3 is 0.525 bits per heavy atom. The molecule has 14 nitrogen and oxygen atoms in total. The van der Waals surface area contributed by atoms with E-state index in [2.05, 4.69) is 103 Å². The van der Waals surface area contributed by atoms with Crippen molar-refractivity contribution >= 4 is 135 Å². The molecule has 0 N–H and O–H groups in total. The van der Waals surface area contributed by atoms with Gasteiger partial charge in [-0.15, -0.1) is 20.5 Å². The Hall–Kier alpha value is -3.36. The Morgan fingerprint density at radius 2 is 0.410 bits per heavy atom. The number of hydrogen-bond acceptors (Lipinski definition) is 14. The number of pyridine rings is 6. The summed E-state index contributed by atoms with van der Waals surface area (Å²) in [5, 5.41) is 6.83. The van der Waals surface area contributed by atoms with E-state index in [4.69, 9.17) is 107 Å². The molecule has 0 saturated carbocycles. The van der Waals surface area contributed by atoms with Crippen LogP contribution in [0.25, 0.3) is 65.4 Å². The van der Waals surface area contributed by atoms with E-state index in [1.165, 1.54) is 0 Å². The van der Waals surface area contributed by atoms with Crippen molar-refractivity contribution in [3.63, 3.8) is 0 Å². The van der Waals surface area contributed by atoms with Crippen LogP contribution in [0.4, 0.5) is 0 Å². The molecule has 61 heavy (non-hydrogen) atoms. The standard InChI is InChI=1S/3C12H8N2.2CHCl3.2ClHO4.Mn/c3*1-3-9-5-6-10-4-2-8-14-12(10)11(9)13-7-1;2*2-1(3)4;2*2-1(3,4)5;/h3*1-8H;2*1H;2*(H,2,3,4,5);/q;;;;;;;+2/p-2. The van der Waals surface area contributed by atoms with E-state index in [9.17, 15) is 0 Å². The van der Waals surface area contributed by atoms with E-state index >= 15 is 0 Å². The van der Waals surface area contributed by atoms with Crippen molar-refractivity contribution in [2.24, 2.45) is 0 Å². The number of alkyl halides is 6. The van der Waals surface area contributed by atoms with Gasteiger partial charge in [0.2, 0.25) is 0 Å². The minimum Gasteiger partial charge on any atom is -0.254 e. The van der Waals surface area contributed by atoms with Crippen LogP contribution in [-0.2, 0) is 17.1 Å². The predicted octanol–water partition coefficient (Wildman–Crippen LogP) is 2.81. The van der Waals surface area contributed by atoms with Crippen molar-refractivity contribution in [1.29, 1.82) is 0 Å². The zero-order valence-corrected chi connectivity index (χ0v) is 37.6. The van der Waals surface area contributed by atoms with E-state index in [1.54, 1.807) is 37.2 Å². The van der Waals surface area contributed by atoms with Crippen LogP contribution in [0.3, 0.4) is 0 Å². The van der Waals surface area contributed by atoms with Crippen LogP contribution >= 0.6 is 69.6 Å². The van der Waals surface area contributed by atoms with Crippen molar-refractivity contribution in [3.8, 4) is 0 Å². The second-order valence-electron chi connectivity index (χ2n) is 10.9. The van der Waals surface area contributed by atoms with E-state index in [1.807, 2.05) is 36.4 Å². The number of aromatic nitrogens is 6. The molecule has 0 fully saturated rings. The summed E-state index contributed by atoms with van der Waals surface area (Å²) in [5.74, 6) is 0. The van der Waals surface area contributed by atoms with E-state index < -0.39 is 29.1 Å². The van der Waals surface area contributed by atoms with Gasteiger partial charge in [-0.1, -0.05) is 142 Å². The number of fused-ring (bicyclic) bond motifs is 9. The topological polar surface area (TPSA) is 262 Å². The first-order chi connectivity index (χ1) is 28.3. The van der Waals surface area contributed by atoms with E-state index in [-0.39, 0.29) is 17.1 Å². The maximum atomic E-state index is 8.49. The Labute approximate surface area is 391 Å². The maximum absolute atomic E-state index is 8.49. The van der Waals surface area contributed by atoms with Crippen LogP contribution < -0.4 is 37.3 Å². The van der Waals surface area contributed by atoms with Crippen LogP contribution in [0.5, 0.6) is 0 Å². The smallest absolute Gasteiger partial charge is 0.254 e. The fourth-order valence-electron chi connectivity index (χ4n) is 5.04. The normalized spacial score (nSPS) is 10.6. The zero-order valence-electron chi connectivity index (χ0n) is 30.4. The van der Waals surface area contributed by atoms with Crippen LogP contribution in [0.2, 0.25) is 0 Å². The Morgan fingerprint density at radius 1 is 0.295 bits per heavy atom. The Bertz CT molecular complexity index is 2240. The van der Waals surface area contributed by atoms with Gasteiger partial charge in [0.25, 0.3) is 0 Å². The number of hydrogen-bond donors (Lipinski definition) is 0. The number of benzene rings is 3. The van der Waals surface area contributed by atoms with Gasteiger partial charge >= 0.3 is 17.1 Å². The van der Waals surface area contributed by atoms with E-state index in [0.717, 1.165) is 65.4 Å². The third kappa shape index (κ3) is 21.0. The summed E-state index contributed by atoms with van der Waals surface area (Å²) in [6, 6.07) is 36.4. The van der Waals surface area contributed by atoms with Crippen molar-refractivity contribution < 1.29 is 74.8 Å². The van der Waals surface area contributed by atoms with Crippen molar-refractivity contribution in [1.82, 2.24) is 29.9 Å². The minimum absolute atomic E-state index is 0. The van der Waals surface area contributed by atoms with Crippen LogP contribution in [0, 0.1) is 20.5 Å². The molecule has 0 bridgehead atoms. The van der Waals surface area contributed by atoms with Gasteiger partial charge in [0.05, 0.1) is 33.1 Å². The van der Waals surface area contributed by atoms with Gasteiger partial charge in [-0.2, -0.15) is 0 Å². The molecule has 0 spiro atoms. The van der Waals surface area contributed by atoms with Gasteiger partial charge in [0.15, 0.2) is 8.59 Å². The second kappa shape index (κ2) is 27.0. The van der Waals surface area contributed by atoms with Crippen LogP contribution in [-0.4, -0.2) is 38.5 Å². The maximum Gasteiger partial charge on any atom is 2.00 e. The summed E-state index contributed by atoms with van der Waals surface area (Å²) in [6.07, 6.45) is 10.8. The Kier molecular flexibility index (Phi) is 23.8. The van der Waals surface area contributed by atoms with Gasteiger partial charge in [-0.25, -0.2) is 37.3 Å². The first-order valence-corrected chi connectivity index (χ1v) is 21.2. The summed E-state index contributed by atoms with van der Waals surface area (Å²) in [4.78, 5) is 26.1. The molecular formula is C38H26Cl8MnN6O8. The Balaban J connectivity index is 0.000000262. The third-order valence-electron chi connectivity index (χ3n) is 7.03. The molecule has 0 aliphatic rings. The monoisotopic (exact) mass is 1030 g/mol. The van der Waals surface area contributed by atoms with Crippen LogP contribution in [0.15, 0.2) is 146 Å². The molecule has 0 amide bonds. The van der Waals surface area contributed by atoms with Gasteiger partial charge in [-0.3, -0.25) is 29.9 Å². The fourth-order valence-corrected chi connectivity index (χ4v) is 5.04. The summed E-state index contributed by atoms with van der Waals surface area (Å²) < 4.78 is 66.4. The summed E-state index contributed by atoms with van der Waals surface area (Å²) in [5.41, 5.74) is 5.86. The number of halogens is 8. The molecule has 319 valence electrons. The summed E-state index contributed by atoms with van der Waals surface area (Å²) >= 11 is 28.8. The van der Waals surface area contributed by atoms with Gasteiger partial charge in [-0.05, 0) is 36.4 Å². The zero-order chi connectivity index (χ0) is 44.3. The summed E-state index contributed by atoms with van der Waals surface area (Å²) in [7, 11) is -9.89. The van der Waals surface area contributed by atoms with Gasteiger partial charge in [0, 0.05) is 69.5 Å². The minimum atomic E-state index is -4.94. The molecule has 0 aliphatic carbocycles. The second-order valence-corrected chi connectivity index (χ2v) is 16.4. The van der Waals surface area contributed by atoms with Crippen molar-refractivity contribution in [2.75, 3.05) is 0 Å². The predicted molar refractivity (Wildman–Crippen MR) is 214 cm³/mol. The molecule has 0 atom stereocenters. The molecule has 23 heteroatoms. The first-order valence-electron chi connectivity index (χ1n) is 16.1. The molecule has 0 aliphatic heterocycles. The number of nitrogens with zero attached hydrogens (tertiary/aromatic N) is 6. The molecule has 6 heterocycles. The quantitative estimate of drug-likeness (QED) is 0.120. The molecular weight excluding hydrogens is 1010 g/mol. The molecule has 9 aromatic rings. The van der Waals surface area contributed by atoms with Gasteiger partial charge < -0.3 is 0 Å². The molecule has 3 aromatic carbocycles. The van der Waals surface area contributed by atoms with Crippen LogP contribution in [0.1, 0.15) is 0 Å². The average Bonchev–Trinajstić information content (AvgIpc) is 3.20.